The smallest absolute Gasteiger partial charge is 0.221 e. The van der Waals surface area contributed by atoms with E-state index < -0.39 is 6.29 Å². The second kappa shape index (κ2) is 2.81. The van der Waals surface area contributed by atoms with Crippen LogP contribution in [0.25, 0.3) is 0 Å². The minimum Gasteiger partial charge on any atom is -0.326 e. The number of hydrogen-bond donors (Lipinski definition) is 1. The molecule has 1 heterocycles. The molecule has 0 saturated carbocycles. The number of hydrogen-bond acceptors (Lipinski definition) is 3. The maximum absolute atomic E-state index is 10.4. The van der Waals surface area contributed by atoms with Gasteiger partial charge in [0, 0.05) is 6.92 Å². The lowest BCUT2D eigenvalue weighted by molar-refractivity contribution is -0.302. The Morgan fingerprint density at radius 1 is 1.70 bits per heavy atom. The van der Waals surface area contributed by atoms with Gasteiger partial charge in [-0.2, -0.15) is 0 Å². The van der Waals surface area contributed by atoms with Gasteiger partial charge < -0.3 is 14.8 Å². The lowest BCUT2D eigenvalue weighted by atomic mass is 10.4. The Kier molecular flexibility index (Phi) is 2.03. The van der Waals surface area contributed by atoms with Crippen molar-refractivity contribution >= 4 is 5.91 Å². The molecule has 1 aliphatic rings. The highest BCUT2D eigenvalue weighted by Gasteiger charge is 2.22. The zero-order chi connectivity index (χ0) is 7.56. The molecule has 1 amide bonds. The van der Waals surface area contributed by atoms with Crippen molar-refractivity contribution in [3.05, 3.63) is 12.3 Å². The van der Waals surface area contributed by atoms with E-state index in [-0.39, 0.29) is 12.7 Å². The van der Waals surface area contributed by atoms with E-state index in [1.807, 2.05) is 0 Å². The zero-order valence-electron chi connectivity index (χ0n) is 5.72. The molecule has 1 fully saturated rings. The molecule has 0 aliphatic carbocycles. The van der Waals surface area contributed by atoms with Gasteiger partial charge in [0.25, 0.3) is 0 Å². The molecule has 4 heteroatoms. The van der Waals surface area contributed by atoms with Gasteiger partial charge >= 0.3 is 0 Å². The molecule has 4 nitrogen and oxygen atoms in total. The molecule has 0 bridgehead atoms. The maximum atomic E-state index is 10.4. The first-order valence-corrected chi connectivity index (χ1v) is 2.90. The average Bonchev–Trinajstić information content (AvgIpc) is 1.55. The van der Waals surface area contributed by atoms with Gasteiger partial charge in [0.05, 0.1) is 5.70 Å². The summed E-state index contributed by atoms with van der Waals surface area (Å²) in [7, 11) is 0. The van der Waals surface area contributed by atoms with Crippen molar-refractivity contribution in [2.24, 2.45) is 0 Å². The van der Waals surface area contributed by atoms with Crippen LogP contribution in [0.1, 0.15) is 6.92 Å². The minimum atomic E-state index is -0.441. The monoisotopic (exact) mass is 143 g/mol. The second-order valence-corrected chi connectivity index (χ2v) is 1.99. The third-order valence-corrected chi connectivity index (χ3v) is 1.06. The summed E-state index contributed by atoms with van der Waals surface area (Å²) in [5.41, 5.74) is 0.457. The van der Waals surface area contributed by atoms with Crippen molar-refractivity contribution < 1.29 is 14.3 Å². The van der Waals surface area contributed by atoms with E-state index in [0.29, 0.717) is 5.70 Å². The molecule has 0 atom stereocenters. The van der Waals surface area contributed by atoms with E-state index in [1.54, 1.807) is 0 Å². The standard InChI is InChI=1S/C6H9NO3/c1-4(7-5(2)8)6-9-3-10-6/h6H,1,3H2,2H3,(H,7,8). The van der Waals surface area contributed by atoms with E-state index >= 15 is 0 Å². The number of carbonyl (C=O) groups is 1. The van der Waals surface area contributed by atoms with Crippen molar-refractivity contribution in [1.82, 2.24) is 5.32 Å². The summed E-state index contributed by atoms with van der Waals surface area (Å²) in [6.45, 7) is 5.22. The molecular formula is C6H9NO3. The van der Waals surface area contributed by atoms with Crippen LogP contribution < -0.4 is 5.32 Å². The summed E-state index contributed by atoms with van der Waals surface area (Å²) in [5.74, 6) is -0.163. The number of amides is 1. The highest BCUT2D eigenvalue weighted by atomic mass is 16.8. The topological polar surface area (TPSA) is 47.6 Å². The Morgan fingerprint density at radius 2 is 2.30 bits per heavy atom. The largest absolute Gasteiger partial charge is 0.326 e. The molecule has 0 spiro atoms. The number of carbonyl (C=O) groups excluding carboxylic acids is 1. The van der Waals surface area contributed by atoms with Crippen LogP contribution in [0.15, 0.2) is 12.3 Å². The number of rotatable bonds is 2. The van der Waals surface area contributed by atoms with Gasteiger partial charge in [0.2, 0.25) is 12.2 Å². The van der Waals surface area contributed by atoms with Crippen molar-refractivity contribution in [3.63, 3.8) is 0 Å². The molecule has 0 aromatic rings. The van der Waals surface area contributed by atoms with Crippen LogP contribution in [0.5, 0.6) is 0 Å². The average molecular weight is 143 g/mol. The highest BCUT2D eigenvalue weighted by molar-refractivity contribution is 5.74. The van der Waals surface area contributed by atoms with Crippen molar-refractivity contribution in [2.75, 3.05) is 6.79 Å². The van der Waals surface area contributed by atoms with Crippen LogP contribution in [0.4, 0.5) is 0 Å². The van der Waals surface area contributed by atoms with Crippen LogP contribution >= 0.6 is 0 Å². The van der Waals surface area contributed by atoms with E-state index in [4.69, 9.17) is 9.47 Å². The molecule has 1 aliphatic heterocycles. The van der Waals surface area contributed by atoms with Gasteiger partial charge in [-0.1, -0.05) is 6.58 Å². The van der Waals surface area contributed by atoms with Crippen LogP contribution in [-0.2, 0) is 14.3 Å². The summed E-state index contributed by atoms with van der Waals surface area (Å²) in [6, 6.07) is 0. The second-order valence-electron chi connectivity index (χ2n) is 1.99. The summed E-state index contributed by atoms with van der Waals surface area (Å²) >= 11 is 0. The van der Waals surface area contributed by atoms with Crippen LogP contribution in [0.2, 0.25) is 0 Å². The van der Waals surface area contributed by atoms with E-state index in [2.05, 4.69) is 11.9 Å². The molecule has 0 aromatic heterocycles. The van der Waals surface area contributed by atoms with Gasteiger partial charge in [-0.3, -0.25) is 4.79 Å². The Balaban J connectivity index is 2.27. The summed E-state index contributed by atoms with van der Waals surface area (Å²) in [4.78, 5) is 10.4. The van der Waals surface area contributed by atoms with Gasteiger partial charge in [-0.15, -0.1) is 0 Å². The predicted molar refractivity (Wildman–Crippen MR) is 33.8 cm³/mol. The normalized spacial score (nSPS) is 17.7. The first-order chi connectivity index (χ1) is 4.70. The first kappa shape index (κ1) is 7.24. The molecular weight excluding hydrogens is 134 g/mol. The molecule has 1 saturated heterocycles. The predicted octanol–water partition coefficient (Wildman–Crippen LogP) is -0.0334. The van der Waals surface area contributed by atoms with E-state index in [9.17, 15) is 4.79 Å². The SMILES string of the molecule is C=C(NC(C)=O)C1OCO1. The minimum absolute atomic E-state index is 0.163. The van der Waals surface area contributed by atoms with Crippen molar-refractivity contribution in [1.29, 1.82) is 0 Å². The number of ether oxygens (including phenoxy) is 2. The summed E-state index contributed by atoms with van der Waals surface area (Å²) in [6.07, 6.45) is -0.441. The van der Waals surface area contributed by atoms with E-state index in [0.717, 1.165) is 0 Å². The molecule has 0 radical (unpaired) electrons. The molecule has 1 N–H and O–H groups in total. The molecule has 0 aromatic carbocycles. The molecule has 10 heavy (non-hydrogen) atoms. The lowest BCUT2D eigenvalue weighted by Gasteiger charge is -2.28. The maximum Gasteiger partial charge on any atom is 0.221 e. The fraction of sp³-hybridized carbons (Fsp3) is 0.500. The van der Waals surface area contributed by atoms with Gasteiger partial charge in [-0.05, 0) is 0 Å². The Morgan fingerprint density at radius 3 is 2.60 bits per heavy atom. The van der Waals surface area contributed by atoms with Crippen molar-refractivity contribution in [3.8, 4) is 0 Å². The molecule has 56 valence electrons. The van der Waals surface area contributed by atoms with Gasteiger partial charge in [0.1, 0.15) is 0 Å². The Labute approximate surface area is 58.8 Å². The lowest BCUT2D eigenvalue weighted by Crippen LogP contribution is -2.38. The summed E-state index contributed by atoms with van der Waals surface area (Å²) < 4.78 is 9.71. The first-order valence-electron chi connectivity index (χ1n) is 2.90. The van der Waals surface area contributed by atoms with Gasteiger partial charge in [-0.25, -0.2) is 0 Å². The van der Waals surface area contributed by atoms with Crippen LogP contribution in [-0.4, -0.2) is 19.0 Å². The van der Waals surface area contributed by atoms with Crippen LogP contribution in [0, 0.1) is 0 Å². The third-order valence-electron chi connectivity index (χ3n) is 1.06. The van der Waals surface area contributed by atoms with E-state index in [1.165, 1.54) is 6.92 Å². The zero-order valence-corrected chi connectivity index (χ0v) is 5.72. The highest BCUT2D eigenvalue weighted by Crippen LogP contribution is 2.12. The fourth-order valence-electron chi connectivity index (χ4n) is 0.622. The summed E-state index contributed by atoms with van der Waals surface area (Å²) in [5, 5.41) is 2.46. The van der Waals surface area contributed by atoms with Gasteiger partial charge in [0.15, 0.2) is 6.79 Å². The Bertz CT molecular complexity index is 162. The molecule has 1 rings (SSSR count). The number of nitrogens with one attached hydrogen (secondary N) is 1. The fourth-order valence-corrected chi connectivity index (χ4v) is 0.622. The Hall–Kier alpha value is -0.870. The quantitative estimate of drug-likeness (QED) is 0.590. The van der Waals surface area contributed by atoms with Crippen molar-refractivity contribution in [2.45, 2.75) is 13.2 Å². The van der Waals surface area contributed by atoms with Crippen LogP contribution in [0.3, 0.4) is 0 Å². The third kappa shape index (κ3) is 1.55. The molecule has 0 unspecified atom stereocenters.